The summed E-state index contributed by atoms with van der Waals surface area (Å²) >= 11 is 19.5. The molecule has 1 aliphatic rings. The van der Waals surface area contributed by atoms with Crippen LogP contribution in [0.5, 0.6) is 0 Å². The minimum Gasteiger partial charge on any atom is -0.376 e. The summed E-state index contributed by atoms with van der Waals surface area (Å²) in [6.07, 6.45) is 2.15. The van der Waals surface area contributed by atoms with E-state index in [1.807, 2.05) is 6.07 Å². The molecule has 2 unspecified atom stereocenters. The van der Waals surface area contributed by atoms with E-state index in [0.717, 1.165) is 25.0 Å². The highest BCUT2D eigenvalue weighted by Crippen LogP contribution is 2.41. The van der Waals surface area contributed by atoms with Gasteiger partial charge < -0.3 is 4.74 Å². The van der Waals surface area contributed by atoms with E-state index in [1.54, 1.807) is 0 Å². The SMILES string of the molecule is Clc1cc(C(Cl)C2CCCO2)c(Cl)s1. The van der Waals surface area contributed by atoms with E-state index in [9.17, 15) is 0 Å². The standard InChI is InChI=1S/C9H9Cl3OS/c10-7-4-5(9(12)14-7)8(11)6-2-1-3-13-6/h4,6,8H,1-3H2. The van der Waals surface area contributed by atoms with Gasteiger partial charge in [-0.2, -0.15) is 0 Å². The van der Waals surface area contributed by atoms with Gasteiger partial charge in [-0.3, -0.25) is 0 Å². The van der Waals surface area contributed by atoms with Gasteiger partial charge in [-0.05, 0) is 18.9 Å². The molecule has 5 heteroatoms. The third kappa shape index (κ3) is 2.20. The largest absolute Gasteiger partial charge is 0.376 e. The van der Waals surface area contributed by atoms with Crippen LogP contribution in [0.2, 0.25) is 8.67 Å². The molecule has 14 heavy (non-hydrogen) atoms. The van der Waals surface area contributed by atoms with Gasteiger partial charge in [0.1, 0.15) is 0 Å². The predicted octanol–water partition coefficient (Wildman–Crippen LogP) is 4.51. The second-order valence-corrected chi connectivity index (χ2v) is 5.99. The van der Waals surface area contributed by atoms with Crippen molar-refractivity contribution in [3.8, 4) is 0 Å². The Labute approximate surface area is 102 Å². The molecular formula is C9H9Cl3OS. The molecule has 1 fully saturated rings. The molecule has 0 aromatic carbocycles. The van der Waals surface area contributed by atoms with Crippen LogP contribution in [0.4, 0.5) is 0 Å². The monoisotopic (exact) mass is 270 g/mol. The van der Waals surface area contributed by atoms with E-state index in [4.69, 9.17) is 39.5 Å². The second-order valence-electron chi connectivity index (χ2n) is 3.23. The molecule has 1 aromatic heterocycles. The first-order valence-electron chi connectivity index (χ1n) is 4.39. The number of hydrogen-bond acceptors (Lipinski definition) is 2. The van der Waals surface area contributed by atoms with Crippen molar-refractivity contribution >= 4 is 46.1 Å². The van der Waals surface area contributed by atoms with Crippen molar-refractivity contribution in [2.45, 2.75) is 24.3 Å². The zero-order valence-corrected chi connectivity index (χ0v) is 10.4. The molecule has 2 atom stereocenters. The molecule has 2 rings (SSSR count). The van der Waals surface area contributed by atoms with Crippen molar-refractivity contribution in [2.75, 3.05) is 6.61 Å². The molecule has 0 amide bonds. The van der Waals surface area contributed by atoms with Gasteiger partial charge >= 0.3 is 0 Å². The molecule has 0 radical (unpaired) electrons. The maximum absolute atomic E-state index is 6.27. The highest BCUT2D eigenvalue weighted by Gasteiger charge is 2.28. The van der Waals surface area contributed by atoms with Crippen LogP contribution in [0.15, 0.2) is 6.07 Å². The maximum Gasteiger partial charge on any atom is 0.0992 e. The van der Waals surface area contributed by atoms with Crippen molar-refractivity contribution < 1.29 is 4.74 Å². The summed E-state index contributed by atoms with van der Waals surface area (Å²) < 4.78 is 6.85. The van der Waals surface area contributed by atoms with Crippen molar-refractivity contribution in [1.29, 1.82) is 0 Å². The van der Waals surface area contributed by atoms with Crippen LogP contribution >= 0.6 is 46.1 Å². The highest BCUT2D eigenvalue weighted by atomic mass is 35.5. The smallest absolute Gasteiger partial charge is 0.0992 e. The van der Waals surface area contributed by atoms with Gasteiger partial charge in [0.15, 0.2) is 0 Å². The fourth-order valence-electron chi connectivity index (χ4n) is 1.57. The highest BCUT2D eigenvalue weighted by molar-refractivity contribution is 7.20. The Bertz CT molecular complexity index is 320. The third-order valence-electron chi connectivity index (χ3n) is 2.27. The first-order valence-corrected chi connectivity index (χ1v) is 6.40. The zero-order valence-electron chi connectivity index (χ0n) is 7.30. The van der Waals surface area contributed by atoms with Gasteiger partial charge in [-0.1, -0.05) is 23.2 Å². The number of ether oxygens (including phenoxy) is 1. The Morgan fingerprint density at radius 1 is 1.50 bits per heavy atom. The van der Waals surface area contributed by atoms with Gasteiger partial charge in [-0.15, -0.1) is 22.9 Å². The molecular weight excluding hydrogens is 263 g/mol. The minimum absolute atomic E-state index is 0.0832. The van der Waals surface area contributed by atoms with Crippen molar-refractivity contribution in [3.05, 3.63) is 20.3 Å². The summed E-state index contributed by atoms with van der Waals surface area (Å²) in [5.41, 5.74) is 0.898. The number of halogens is 3. The van der Waals surface area contributed by atoms with Crippen LogP contribution in [-0.4, -0.2) is 12.7 Å². The lowest BCUT2D eigenvalue weighted by molar-refractivity contribution is 0.107. The summed E-state index contributed by atoms with van der Waals surface area (Å²) in [4.78, 5) is 0. The average Bonchev–Trinajstić information content (AvgIpc) is 2.73. The summed E-state index contributed by atoms with van der Waals surface area (Å²) in [5.74, 6) is 0. The number of alkyl halides is 1. The number of hydrogen-bond donors (Lipinski definition) is 0. The number of thiophene rings is 1. The topological polar surface area (TPSA) is 9.23 Å². The van der Waals surface area contributed by atoms with Crippen molar-refractivity contribution in [1.82, 2.24) is 0 Å². The Hall–Kier alpha value is 0.530. The van der Waals surface area contributed by atoms with Crippen molar-refractivity contribution in [2.24, 2.45) is 0 Å². The van der Waals surface area contributed by atoms with Crippen LogP contribution in [-0.2, 0) is 4.74 Å². The van der Waals surface area contributed by atoms with Crippen LogP contribution in [0, 0.1) is 0 Å². The fourth-order valence-corrected chi connectivity index (χ4v) is 3.62. The van der Waals surface area contributed by atoms with E-state index < -0.39 is 0 Å². The molecule has 0 saturated carbocycles. The van der Waals surface area contributed by atoms with Gasteiger partial charge in [0, 0.05) is 12.2 Å². The fraction of sp³-hybridized carbons (Fsp3) is 0.556. The van der Waals surface area contributed by atoms with E-state index in [2.05, 4.69) is 0 Å². The first-order chi connectivity index (χ1) is 6.68. The average molecular weight is 272 g/mol. The molecule has 2 heterocycles. The summed E-state index contributed by atoms with van der Waals surface area (Å²) in [5, 5.41) is -0.172. The molecule has 0 bridgehead atoms. The molecule has 0 N–H and O–H groups in total. The van der Waals surface area contributed by atoms with Gasteiger partial charge in [0.2, 0.25) is 0 Å². The molecule has 0 aliphatic carbocycles. The summed E-state index contributed by atoms with van der Waals surface area (Å²) in [6, 6.07) is 1.83. The van der Waals surface area contributed by atoms with E-state index in [1.165, 1.54) is 11.3 Å². The minimum atomic E-state index is -0.172. The second kappa shape index (κ2) is 4.58. The lowest BCUT2D eigenvalue weighted by Crippen LogP contribution is -2.12. The summed E-state index contributed by atoms with van der Waals surface area (Å²) in [7, 11) is 0. The molecule has 0 spiro atoms. The molecule has 1 saturated heterocycles. The Morgan fingerprint density at radius 2 is 2.29 bits per heavy atom. The molecule has 1 aromatic rings. The Balaban J connectivity index is 2.17. The van der Waals surface area contributed by atoms with Crippen LogP contribution in [0.1, 0.15) is 23.8 Å². The van der Waals surface area contributed by atoms with Crippen LogP contribution in [0.25, 0.3) is 0 Å². The molecule has 1 nitrogen and oxygen atoms in total. The molecule has 1 aliphatic heterocycles. The van der Waals surface area contributed by atoms with Gasteiger partial charge in [-0.25, -0.2) is 0 Å². The normalized spacial score (nSPS) is 24.1. The van der Waals surface area contributed by atoms with E-state index in [-0.39, 0.29) is 11.5 Å². The van der Waals surface area contributed by atoms with Gasteiger partial charge in [0.05, 0.1) is 20.2 Å². The molecule has 78 valence electrons. The lowest BCUT2D eigenvalue weighted by Gasteiger charge is -2.15. The predicted molar refractivity (Wildman–Crippen MR) is 61.9 cm³/mol. The summed E-state index contributed by atoms with van der Waals surface area (Å²) in [6.45, 7) is 0.795. The first kappa shape index (κ1) is 11.0. The van der Waals surface area contributed by atoms with Crippen LogP contribution < -0.4 is 0 Å². The van der Waals surface area contributed by atoms with Gasteiger partial charge in [0.25, 0.3) is 0 Å². The number of rotatable bonds is 2. The van der Waals surface area contributed by atoms with Crippen LogP contribution in [0.3, 0.4) is 0 Å². The Morgan fingerprint density at radius 3 is 2.79 bits per heavy atom. The van der Waals surface area contributed by atoms with E-state index in [0.29, 0.717) is 8.67 Å². The maximum atomic E-state index is 6.27. The van der Waals surface area contributed by atoms with Crippen molar-refractivity contribution in [3.63, 3.8) is 0 Å². The third-order valence-corrected chi connectivity index (χ3v) is 4.31. The quantitative estimate of drug-likeness (QED) is 0.719. The lowest BCUT2D eigenvalue weighted by atomic mass is 10.1. The van der Waals surface area contributed by atoms with E-state index >= 15 is 0 Å². The zero-order chi connectivity index (χ0) is 10.1. The Kier molecular flexibility index (Phi) is 3.61.